The highest BCUT2D eigenvalue weighted by Crippen LogP contribution is 2.40. The van der Waals surface area contributed by atoms with E-state index in [1.54, 1.807) is 24.3 Å². The SMILES string of the molecule is CCCCCCCOCCOCC[C@@H]1[C@@H](CC=CCCCC(=O)OC(C)C)[C@@H](O)C[C@H]1OS(=O)(=O)c1ccc(C)cc1. The first-order valence-corrected chi connectivity index (χ1v) is 17.2. The molecule has 4 atom stereocenters. The molecule has 0 bridgehead atoms. The summed E-state index contributed by atoms with van der Waals surface area (Å²) in [5, 5.41) is 10.9. The molecule has 0 amide bonds. The van der Waals surface area contributed by atoms with Crippen molar-refractivity contribution in [2.45, 2.75) is 122 Å². The molecule has 0 spiro atoms. The van der Waals surface area contributed by atoms with Crippen molar-refractivity contribution in [3.63, 3.8) is 0 Å². The molecule has 1 saturated carbocycles. The lowest BCUT2D eigenvalue weighted by Gasteiger charge is -2.24. The molecule has 8 nitrogen and oxygen atoms in total. The number of aryl methyl sites for hydroxylation is 1. The van der Waals surface area contributed by atoms with Crippen LogP contribution in [0.2, 0.25) is 0 Å². The zero-order chi connectivity index (χ0) is 30.8. The molecule has 0 aliphatic heterocycles. The van der Waals surface area contributed by atoms with E-state index in [0.717, 1.165) is 25.0 Å². The van der Waals surface area contributed by atoms with Crippen molar-refractivity contribution in [2.24, 2.45) is 11.8 Å². The summed E-state index contributed by atoms with van der Waals surface area (Å²) in [6, 6.07) is 6.59. The number of benzene rings is 1. The first-order valence-electron chi connectivity index (χ1n) is 15.8. The van der Waals surface area contributed by atoms with E-state index in [9.17, 15) is 18.3 Å². The minimum absolute atomic E-state index is 0.115. The summed E-state index contributed by atoms with van der Waals surface area (Å²) < 4.78 is 48.6. The molecule has 1 aromatic carbocycles. The Morgan fingerprint density at radius 2 is 1.64 bits per heavy atom. The summed E-state index contributed by atoms with van der Waals surface area (Å²) in [6.45, 7) is 9.93. The highest BCUT2D eigenvalue weighted by Gasteiger charge is 2.44. The van der Waals surface area contributed by atoms with E-state index in [-0.39, 0.29) is 35.2 Å². The standard InChI is InChI=1S/C33H54O8S/c1-5-6-7-10-13-21-38-23-24-39-22-20-30-29(14-11-8-9-12-15-33(35)40-26(2)3)31(34)25-32(30)41-42(36,37)28-18-16-27(4)17-19-28/h8,11,16-19,26,29-32,34H,5-7,9-10,12-15,20-25H2,1-4H3/t29-,30-,31+,32-/m1/s1. The number of esters is 1. The second-order valence-corrected chi connectivity index (χ2v) is 13.2. The molecule has 42 heavy (non-hydrogen) atoms. The van der Waals surface area contributed by atoms with Gasteiger partial charge >= 0.3 is 5.97 Å². The number of aliphatic hydroxyl groups excluding tert-OH is 1. The number of aliphatic hydroxyl groups is 1. The van der Waals surface area contributed by atoms with Crippen LogP contribution in [0.5, 0.6) is 0 Å². The van der Waals surface area contributed by atoms with Gasteiger partial charge in [-0.05, 0) is 76.8 Å². The van der Waals surface area contributed by atoms with Crippen LogP contribution in [0.4, 0.5) is 0 Å². The number of allylic oxidation sites excluding steroid dienone is 2. The number of ether oxygens (including phenoxy) is 3. The second kappa shape index (κ2) is 20.2. The van der Waals surface area contributed by atoms with Crippen molar-refractivity contribution in [3.05, 3.63) is 42.0 Å². The highest BCUT2D eigenvalue weighted by atomic mass is 32.2. The number of hydrogen-bond donors (Lipinski definition) is 1. The van der Waals surface area contributed by atoms with Gasteiger partial charge in [0.2, 0.25) is 0 Å². The number of carbonyl (C=O) groups excluding carboxylic acids is 1. The fraction of sp³-hybridized carbons (Fsp3) is 0.727. The zero-order valence-corrected chi connectivity index (χ0v) is 27.0. The lowest BCUT2D eigenvalue weighted by atomic mass is 9.88. The predicted molar refractivity (Wildman–Crippen MR) is 165 cm³/mol. The van der Waals surface area contributed by atoms with Crippen LogP contribution in [0, 0.1) is 18.8 Å². The molecule has 2 rings (SSSR count). The maximum Gasteiger partial charge on any atom is 0.306 e. The third kappa shape index (κ3) is 14.1. The fourth-order valence-corrected chi connectivity index (χ4v) is 6.45. The maximum absolute atomic E-state index is 13.1. The minimum Gasteiger partial charge on any atom is -0.463 e. The molecule has 1 aliphatic carbocycles. The van der Waals surface area contributed by atoms with Crippen molar-refractivity contribution >= 4 is 16.1 Å². The van der Waals surface area contributed by atoms with Gasteiger partial charge < -0.3 is 19.3 Å². The van der Waals surface area contributed by atoms with E-state index >= 15 is 0 Å². The van der Waals surface area contributed by atoms with Crippen LogP contribution >= 0.6 is 0 Å². The molecular formula is C33H54O8S. The van der Waals surface area contributed by atoms with Crippen molar-refractivity contribution in [3.8, 4) is 0 Å². The Morgan fingerprint density at radius 3 is 2.33 bits per heavy atom. The lowest BCUT2D eigenvalue weighted by Crippen LogP contribution is -2.27. The van der Waals surface area contributed by atoms with Crippen LogP contribution in [0.1, 0.15) is 97.0 Å². The molecule has 0 radical (unpaired) electrons. The largest absolute Gasteiger partial charge is 0.463 e. The topological polar surface area (TPSA) is 108 Å². The minimum atomic E-state index is -3.98. The lowest BCUT2D eigenvalue weighted by molar-refractivity contribution is -0.147. The van der Waals surface area contributed by atoms with Gasteiger partial charge in [-0.15, -0.1) is 0 Å². The van der Waals surface area contributed by atoms with Crippen molar-refractivity contribution in [1.82, 2.24) is 0 Å². The predicted octanol–water partition coefficient (Wildman–Crippen LogP) is 6.53. The van der Waals surface area contributed by atoms with Crippen LogP contribution in [0.25, 0.3) is 0 Å². The Kier molecular flexibility index (Phi) is 17.5. The smallest absolute Gasteiger partial charge is 0.306 e. The summed E-state index contributed by atoms with van der Waals surface area (Å²) in [4.78, 5) is 11.9. The normalized spacial score (nSPS) is 21.0. The van der Waals surface area contributed by atoms with Gasteiger partial charge in [0, 0.05) is 26.1 Å². The molecule has 240 valence electrons. The van der Waals surface area contributed by atoms with Gasteiger partial charge in [0.15, 0.2) is 0 Å². The molecular weight excluding hydrogens is 556 g/mol. The molecule has 9 heteroatoms. The molecule has 0 unspecified atom stereocenters. The average molecular weight is 611 g/mol. The Hall–Kier alpha value is -1.78. The third-order valence-electron chi connectivity index (χ3n) is 7.61. The Labute approximate surface area is 254 Å². The monoisotopic (exact) mass is 610 g/mol. The highest BCUT2D eigenvalue weighted by molar-refractivity contribution is 7.86. The molecule has 1 fully saturated rings. The first-order chi connectivity index (χ1) is 20.1. The molecule has 0 aromatic heterocycles. The molecule has 1 N–H and O–H groups in total. The quantitative estimate of drug-likeness (QED) is 0.0684. The zero-order valence-electron chi connectivity index (χ0n) is 26.2. The van der Waals surface area contributed by atoms with Crippen LogP contribution in [0.15, 0.2) is 41.3 Å². The summed E-state index contributed by atoms with van der Waals surface area (Å²) in [5.74, 6) is -0.546. The molecule has 0 saturated heterocycles. The number of rotatable bonds is 22. The summed E-state index contributed by atoms with van der Waals surface area (Å²) in [5.41, 5.74) is 0.962. The number of unbranched alkanes of at least 4 members (excludes halogenated alkanes) is 5. The second-order valence-electron chi connectivity index (χ2n) is 11.6. The van der Waals surface area contributed by atoms with Crippen LogP contribution in [0.3, 0.4) is 0 Å². The number of hydrogen-bond acceptors (Lipinski definition) is 8. The summed E-state index contributed by atoms with van der Waals surface area (Å²) >= 11 is 0. The summed E-state index contributed by atoms with van der Waals surface area (Å²) in [7, 11) is -3.98. The molecule has 1 aliphatic rings. The average Bonchev–Trinajstić information content (AvgIpc) is 3.21. The van der Waals surface area contributed by atoms with Gasteiger partial charge in [0.1, 0.15) is 0 Å². The van der Waals surface area contributed by atoms with Gasteiger partial charge in [0.05, 0.1) is 36.4 Å². The maximum atomic E-state index is 13.1. The van der Waals surface area contributed by atoms with Gasteiger partial charge in [-0.1, -0.05) is 62.5 Å². The van der Waals surface area contributed by atoms with E-state index < -0.39 is 22.3 Å². The van der Waals surface area contributed by atoms with E-state index in [0.29, 0.717) is 45.5 Å². The Bertz CT molecular complexity index is 1010. The molecule has 1 aromatic rings. The fourth-order valence-electron chi connectivity index (χ4n) is 5.32. The van der Waals surface area contributed by atoms with Crippen LogP contribution in [-0.4, -0.2) is 64.2 Å². The summed E-state index contributed by atoms with van der Waals surface area (Å²) in [6.07, 6.45) is 11.8. The van der Waals surface area contributed by atoms with Gasteiger partial charge in [0.25, 0.3) is 10.1 Å². The number of carbonyl (C=O) groups is 1. The van der Waals surface area contributed by atoms with E-state index in [1.807, 2.05) is 32.9 Å². The van der Waals surface area contributed by atoms with Crippen molar-refractivity contribution < 1.29 is 36.7 Å². The Balaban J connectivity index is 1.90. The first kappa shape index (κ1) is 36.4. The van der Waals surface area contributed by atoms with E-state index in [1.165, 1.54) is 25.7 Å². The van der Waals surface area contributed by atoms with E-state index in [4.69, 9.17) is 18.4 Å². The Morgan fingerprint density at radius 1 is 0.952 bits per heavy atom. The van der Waals surface area contributed by atoms with E-state index in [2.05, 4.69) is 6.92 Å². The molecule has 0 heterocycles. The third-order valence-corrected chi connectivity index (χ3v) is 8.96. The van der Waals surface area contributed by atoms with Gasteiger partial charge in [-0.25, -0.2) is 0 Å². The van der Waals surface area contributed by atoms with Crippen LogP contribution < -0.4 is 0 Å². The van der Waals surface area contributed by atoms with Gasteiger partial charge in [-0.3, -0.25) is 8.98 Å². The van der Waals surface area contributed by atoms with Gasteiger partial charge in [-0.2, -0.15) is 8.42 Å². The van der Waals surface area contributed by atoms with Crippen molar-refractivity contribution in [2.75, 3.05) is 26.4 Å². The van der Waals surface area contributed by atoms with Crippen LogP contribution in [-0.2, 0) is 33.3 Å². The van der Waals surface area contributed by atoms with Crippen molar-refractivity contribution in [1.29, 1.82) is 0 Å².